The highest BCUT2D eigenvalue weighted by molar-refractivity contribution is 5.75. The smallest absolute Gasteiger partial charge is 0.231 e. The molecular weight excluding hydrogens is 272 g/mol. The Hall–Kier alpha value is -1.79. The van der Waals surface area contributed by atoms with E-state index in [9.17, 15) is 9.90 Å². The average Bonchev–Trinajstić information content (AvgIpc) is 2.96. The maximum atomic E-state index is 11.4. The number of fused-ring (bicyclic) bond motifs is 1. The van der Waals surface area contributed by atoms with E-state index in [1.807, 2.05) is 13.0 Å². The SMILES string of the molecule is CCCNC(=O)CCNCC(O)c1ccc2c(c1)OCO2. The van der Waals surface area contributed by atoms with Gasteiger partial charge in [-0.3, -0.25) is 4.79 Å². The highest BCUT2D eigenvalue weighted by Crippen LogP contribution is 2.33. The Morgan fingerprint density at radius 2 is 2.14 bits per heavy atom. The lowest BCUT2D eigenvalue weighted by atomic mass is 10.1. The Balaban J connectivity index is 1.70. The Morgan fingerprint density at radius 3 is 2.95 bits per heavy atom. The van der Waals surface area contributed by atoms with Crippen molar-refractivity contribution in [2.24, 2.45) is 0 Å². The zero-order valence-corrected chi connectivity index (χ0v) is 12.2. The lowest BCUT2D eigenvalue weighted by molar-refractivity contribution is -0.121. The third kappa shape index (κ3) is 4.61. The van der Waals surface area contributed by atoms with Crippen LogP contribution in [0.15, 0.2) is 18.2 Å². The third-order valence-corrected chi connectivity index (χ3v) is 3.22. The first kappa shape index (κ1) is 15.6. The molecular formula is C15H22N2O4. The molecule has 1 unspecified atom stereocenters. The van der Waals surface area contributed by atoms with Gasteiger partial charge in [-0.1, -0.05) is 13.0 Å². The maximum Gasteiger partial charge on any atom is 0.231 e. The van der Waals surface area contributed by atoms with E-state index < -0.39 is 6.10 Å². The summed E-state index contributed by atoms with van der Waals surface area (Å²) in [6.45, 7) is 3.87. The van der Waals surface area contributed by atoms with Crippen molar-refractivity contribution in [1.82, 2.24) is 10.6 Å². The largest absolute Gasteiger partial charge is 0.454 e. The van der Waals surface area contributed by atoms with Gasteiger partial charge >= 0.3 is 0 Å². The van der Waals surface area contributed by atoms with Crippen LogP contribution in [0.25, 0.3) is 0 Å². The molecule has 2 rings (SSSR count). The third-order valence-electron chi connectivity index (χ3n) is 3.22. The molecule has 1 aromatic rings. The van der Waals surface area contributed by atoms with Crippen molar-refractivity contribution in [1.29, 1.82) is 0 Å². The van der Waals surface area contributed by atoms with Gasteiger partial charge in [-0.25, -0.2) is 0 Å². The second-order valence-corrected chi connectivity index (χ2v) is 4.93. The quantitative estimate of drug-likeness (QED) is 0.622. The second kappa shape index (κ2) is 7.85. The number of carbonyl (C=O) groups excluding carboxylic acids is 1. The molecule has 1 atom stereocenters. The number of ether oxygens (including phenoxy) is 2. The zero-order valence-electron chi connectivity index (χ0n) is 12.2. The number of aliphatic hydroxyl groups is 1. The molecule has 0 aliphatic carbocycles. The number of nitrogens with one attached hydrogen (secondary N) is 2. The summed E-state index contributed by atoms with van der Waals surface area (Å²) in [7, 11) is 0. The van der Waals surface area contributed by atoms with Gasteiger partial charge in [-0.05, 0) is 24.1 Å². The highest BCUT2D eigenvalue weighted by Gasteiger charge is 2.16. The van der Waals surface area contributed by atoms with Crippen molar-refractivity contribution in [2.45, 2.75) is 25.9 Å². The second-order valence-electron chi connectivity index (χ2n) is 4.93. The lowest BCUT2D eigenvalue weighted by Gasteiger charge is -2.12. The van der Waals surface area contributed by atoms with Crippen LogP contribution in [-0.2, 0) is 4.79 Å². The number of benzene rings is 1. The van der Waals surface area contributed by atoms with Gasteiger partial charge in [0.05, 0.1) is 6.10 Å². The van der Waals surface area contributed by atoms with Crippen molar-refractivity contribution in [3.8, 4) is 11.5 Å². The molecule has 6 heteroatoms. The first-order valence-electron chi connectivity index (χ1n) is 7.25. The van der Waals surface area contributed by atoms with E-state index in [1.165, 1.54) is 0 Å². The van der Waals surface area contributed by atoms with Crippen LogP contribution in [0.3, 0.4) is 0 Å². The fourth-order valence-corrected chi connectivity index (χ4v) is 2.03. The molecule has 1 heterocycles. The minimum atomic E-state index is -0.641. The van der Waals surface area contributed by atoms with E-state index in [2.05, 4.69) is 10.6 Å². The van der Waals surface area contributed by atoms with Crippen LogP contribution in [-0.4, -0.2) is 37.4 Å². The van der Waals surface area contributed by atoms with Crippen molar-refractivity contribution >= 4 is 5.91 Å². The molecule has 1 aliphatic rings. The first-order valence-corrected chi connectivity index (χ1v) is 7.25. The van der Waals surface area contributed by atoms with Crippen LogP contribution in [0.5, 0.6) is 11.5 Å². The molecule has 0 aromatic heterocycles. The van der Waals surface area contributed by atoms with Crippen molar-refractivity contribution < 1.29 is 19.4 Å². The molecule has 1 aromatic carbocycles. The molecule has 0 radical (unpaired) electrons. The van der Waals surface area contributed by atoms with Gasteiger partial charge in [0.2, 0.25) is 12.7 Å². The Kier molecular flexibility index (Phi) is 5.83. The van der Waals surface area contributed by atoms with Gasteiger partial charge in [0.25, 0.3) is 0 Å². The van der Waals surface area contributed by atoms with Gasteiger partial charge in [0, 0.05) is 26.1 Å². The fourth-order valence-electron chi connectivity index (χ4n) is 2.03. The van der Waals surface area contributed by atoms with Gasteiger partial charge < -0.3 is 25.2 Å². The summed E-state index contributed by atoms with van der Waals surface area (Å²) in [6, 6.07) is 5.38. The van der Waals surface area contributed by atoms with Crippen LogP contribution in [0.4, 0.5) is 0 Å². The van der Waals surface area contributed by atoms with Gasteiger partial charge in [-0.2, -0.15) is 0 Å². The van der Waals surface area contributed by atoms with E-state index in [1.54, 1.807) is 12.1 Å². The normalized spacial score (nSPS) is 14.0. The molecule has 0 bridgehead atoms. The minimum absolute atomic E-state index is 0.0296. The monoisotopic (exact) mass is 294 g/mol. The van der Waals surface area contributed by atoms with Crippen molar-refractivity contribution in [3.63, 3.8) is 0 Å². The summed E-state index contributed by atoms with van der Waals surface area (Å²) in [4.78, 5) is 11.4. The zero-order chi connectivity index (χ0) is 15.1. The van der Waals surface area contributed by atoms with Gasteiger partial charge in [-0.15, -0.1) is 0 Å². The van der Waals surface area contributed by atoms with E-state index in [0.717, 1.165) is 12.0 Å². The summed E-state index contributed by atoms with van der Waals surface area (Å²) in [5, 5.41) is 16.0. The van der Waals surface area contributed by atoms with Crippen LogP contribution in [0, 0.1) is 0 Å². The van der Waals surface area contributed by atoms with Crippen LogP contribution in [0.2, 0.25) is 0 Å². The Labute approximate surface area is 124 Å². The first-order chi connectivity index (χ1) is 10.2. The number of hydrogen-bond donors (Lipinski definition) is 3. The number of rotatable bonds is 8. The summed E-state index contributed by atoms with van der Waals surface area (Å²) in [5.41, 5.74) is 0.766. The van der Waals surface area contributed by atoms with E-state index in [4.69, 9.17) is 9.47 Å². The minimum Gasteiger partial charge on any atom is -0.454 e. The number of aliphatic hydroxyl groups excluding tert-OH is 1. The van der Waals surface area contributed by atoms with E-state index in [-0.39, 0.29) is 12.7 Å². The molecule has 0 saturated heterocycles. The molecule has 3 N–H and O–H groups in total. The molecule has 1 amide bonds. The summed E-state index contributed by atoms with van der Waals surface area (Å²) < 4.78 is 10.5. The summed E-state index contributed by atoms with van der Waals surface area (Å²) in [6.07, 6.45) is 0.703. The van der Waals surface area contributed by atoms with Gasteiger partial charge in [0.1, 0.15) is 0 Å². The number of carbonyl (C=O) groups is 1. The summed E-state index contributed by atoms with van der Waals surface area (Å²) >= 11 is 0. The molecule has 1 aliphatic heterocycles. The van der Waals surface area contributed by atoms with Crippen LogP contribution < -0.4 is 20.1 Å². The average molecular weight is 294 g/mol. The van der Waals surface area contributed by atoms with E-state index in [0.29, 0.717) is 37.6 Å². The summed E-state index contributed by atoms with van der Waals surface area (Å²) in [5.74, 6) is 1.39. The fraction of sp³-hybridized carbons (Fsp3) is 0.533. The number of hydrogen-bond acceptors (Lipinski definition) is 5. The predicted octanol–water partition coefficient (Wildman–Crippen LogP) is 0.955. The van der Waals surface area contributed by atoms with E-state index >= 15 is 0 Å². The number of amides is 1. The standard InChI is InChI=1S/C15H22N2O4/c1-2-6-17-15(19)5-7-16-9-12(18)11-3-4-13-14(8-11)21-10-20-13/h3-4,8,12,16,18H,2,5-7,9-10H2,1H3,(H,17,19). The van der Waals surface area contributed by atoms with Gasteiger partial charge in [0.15, 0.2) is 11.5 Å². The molecule has 0 saturated carbocycles. The maximum absolute atomic E-state index is 11.4. The molecule has 0 fully saturated rings. The molecule has 21 heavy (non-hydrogen) atoms. The lowest BCUT2D eigenvalue weighted by Crippen LogP contribution is -2.29. The van der Waals surface area contributed by atoms with Crippen molar-refractivity contribution in [3.05, 3.63) is 23.8 Å². The Morgan fingerprint density at radius 1 is 1.33 bits per heavy atom. The molecule has 6 nitrogen and oxygen atoms in total. The molecule has 116 valence electrons. The Bertz CT molecular complexity index is 479. The van der Waals surface area contributed by atoms with Crippen LogP contribution >= 0.6 is 0 Å². The highest BCUT2D eigenvalue weighted by atomic mass is 16.7. The predicted molar refractivity (Wildman–Crippen MR) is 78.3 cm³/mol. The van der Waals surface area contributed by atoms with Crippen molar-refractivity contribution in [2.75, 3.05) is 26.4 Å². The van der Waals surface area contributed by atoms with Crippen LogP contribution in [0.1, 0.15) is 31.4 Å². The molecule has 0 spiro atoms. The topological polar surface area (TPSA) is 79.8 Å².